The molecule has 1 fully saturated rings. The number of likely N-dealkylation sites (N-methyl/N-ethyl adjacent to an activating group) is 1. The van der Waals surface area contributed by atoms with Gasteiger partial charge in [0.1, 0.15) is 5.92 Å². The average molecular weight is 240 g/mol. The number of carbonyl (C=O) groups excluding carboxylic acids is 1. The summed E-state index contributed by atoms with van der Waals surface area (Å²) in [6.45, 7) is 0.341. The molecule has 1 aromatic heterocycles. The van der Waals surface area contributed by atoms with Gasteiger partial charge in [-0.3, -0.25) is 9.59 Å². The van der Waals surface area contributed by atoms with E-state index in [1.54, 1.807) is 0 Å². The van der Waals surface area contributed by atoms with Crippen LogP contribution in [0.5, 0.6) is 0 Å². The molecular weight excluding hydrogens is 228 g/mol. The molecule has 0 saturated carbocycles. The fraction of sp³-hybridized carbons (Fsp3) is 0.556. The minimum absolute atomic E-state index is 0.121. The Morgan fingerprint density at radius 3 is 2.94 bits per heavy atom. The van der Waals surface area contributed by atoms with Gasteiger partial charge in [0.2, 0.25) is 0 Å². The number of carboxylic acid groups (broad SMARTS) is 1. The van der Waals surface area contributed by atoms with Crippen molar-refractivity contribution in [2.45, 2.75) is 6.04 Å². The predicted octanol–water partition coefficient (Wildman–Crippen LogP) is -1.02. The molecule has 2 N–H and O–H groups in total. The normalized spacial score (nSPS) is 23.6. The molecule has 0 aliphatic carbocycles. The first-order valence-corrected chi connectivity index (χ1v) is 5.04. The van der Waals surface area contributed by atoms with E-state index in [1.165, 1.54) is 18.1 Å². The van der Waals surface area contributed by atoms with Gasteiger partial charge in [0.15, 0.2) is 5.69 Å². The van der Waals surface area contributed by atoms with Crippen LogP contribution in [0.4, 0.5) is 0 Å². The average Bonchev–Trinajstić information content (AvgIpc) is 2.97. The summed E-state index contributed by atoms with van der Waals surface area (Å²) in [5.41, 5.74) is 0.156. The van der Waals surface area contributed by atoms with Gasteiger partial charge < -0.3 is 14.7 Å². The van der Waals surface area contributed by atoms with Gasteiger partial charge in [0, 0.05) is 7.05 Å². The first-order valence-electron chi connectivity index (χ1n) is 5.04. The van der Waals surface area contributed by atoms with Crippen molar-refractivity contribution in [1.82, 2.24) is 20.3 Å². The largest absolute Gasteiger partial charge is 0.481 e. The van der Waals surface area contributed by atoms with Crippen LogP contribution in [0.15, 0.2) is 6.20 Å². The summed E-state index contributed by atoms with van der Waals surface area (Å²) in [4.78, 5) is 24.2. The number of aromatic nitrogens is 3. The Kier molecular flexibility index (Phi) is 3.05. The van der Waals surface area contributed by atoms with Gasteiger partial charge in [-0.05, 0) is 0 Å². The number of H-pyrrole nitrogens is 1. The number of aromatic amines is 1. The Morgan fingerprint density at radius 1 is 1.59 bits per heavy atom. The second kappa shape index (κ2) is 4.50. The van der Waals surface area contributed by atoms with Crippen molar-refractivity contribution >= 4 is 11.9 Å². The second-order valence-electron chi connectivity index (χ2n) is 3.82. The van der Waals surface area contributed by atoms with Gasteiger partial charge in [0.25, 0.3) is 5.91 Å². The number of hydrogen-bond acceptors (Lipinski definition) is 5. The highest BCUT2D eigenvalue weighted by Gasteiger charge is 2.39. The smallest absolute Gasteiger partial charge is 0.311 e. The van der Waals surface area contributed by atoms with Crippen LogP contribution in [0.2, 0.25) is 0 Å². The first-order chi connectivity index (χ1) is 8.11. The van der Waals surface area contributed by atoms with Crippen LogP contribution in [0.1, 0.15) is 10.5 Å². The van der Waals surface area contributed by atoms with Crippen LogP contribution < -0.4 is 0 Å². The lowest BCUT2D eigenvalue weighted by atomic mass is 10.0. The first kappa shape index (κ1) is 11.5. The standard InChI is InChI=1S/C9H12N4O4/c1-13(8(14)6-2-10-12-11-6)7-4-17-3-5(7)9(15)16/h2,5,7H,3-4H2,1H3,(H,15,16)(H,10,11,12). The van der Waals surface area contributed by atoms with E-state index in [1.807, 2.05) is 0 Å². The number of rotatable bonds is 3. The van der Waals surface area contributed by atoms with Crippen molar-refractivity contribution in [3.05, 3.63) is 11.9 Å². The van der Waals surface area contributed by atoms with Crippen LogP contribution in [-0.2, 0) is 9.53 Å². The molecule has 8 heteroatoms. The summed E-state index contributed by atoms with van der Waals surface area (Å²) < 4.78 is 5.10. The van der Waals surface area contributed by atoms with E-state index < -0.39 is 17.9 Å². The Balaban J connectivity index is 2.12. The number of ether oxygens (including phenoxy) is 1. The van der Waals surface area contributed by atoms with Crippen LogP contribution >= 0.6 is 0 Å². The van der Waals surface area contributed by atoms with E-state index in [-0.39, 0.29) is 24.8 Å². The third-order valence-electron chi connectivity index (χ3n) is 2.82. The van der Waals surface area contributed by atoms with E-state index in [2.05, 4.69) is 15.4 Å². The Labute approximate surface area is 96.6 Å². The lowest BCUT2D eigenvalue weighted by Crippen LogP contribution is -2.44. The summed E-state index contributed by atoms with van der Waals surface area (Å²) in [7, 11) is 1.53. The third-order valence-corrected chi connectivity index (χ3v) is 2.82. The van der Waals surface area contributed by atoms with Crippen LogP contribution in [0.3, 0.4) is 0 Å². The van der Waals surface area contributed by atoms with Gasteiger partial charge in [0.05, 0.1) is 25.5 Å². The number of hydrogen-bond donors (Lipinski definition) is 2. The zero-order valence-electron chi connectivity index (χ0n) is 9.16. The van der Waals surface area contributed by atoms with Gasteiger partial charge in [-0.25, -0.2) is 0 Å². The topological polar surface area (TPSA) is 108 Å². The molecule has 1 saturated heterocycles. The van der Waals surface area contributed by atoms with E-state index in [0.717, 1.165) is 0 Å². The molecular formula is C9H12N4O4. The lowest BCUT2D eigenvalue weighted by molar-refractivity contribution is -0.142. The van der Waals surface area contributed by atoms with Crippen molar-refractivity contribution in [2.75, 3.05) is 20.3 Å². The zero-order valence-corrected chi connectivity index (χ0v) is 9.16. The fourth-order valence-corrected chi connectivity index (χ4v) is 1.80. The Morgan fingerprint density at radius 2 is 2.35 bits per heavy atom. The molecule has 1 aliphatic heterocycles. The second-order valence-corrected chi connectivity index (χ2v) is 3.82. The van der Waals surface area contributed by atoms with Gasteiger partial charge >= 0.3 is 5.97 Å². The monoisotopic (exact) mass is 240 g/mol. The van der Waals surface area contributed by atoms with Crippen molar-refractivity contribution in [3.8, 4) is 0 Å². The van der Waals surface area contributed by atoms with Crippen molar-refractivity contribution in [1.29, 1.82) is 0 Å². The summed E-state index contributed by atoms with van der Waals surface area (Å²) in [5.74, 6) is -2.04. The molecule has 8 nitrogen and oxygen atoms in total. The zero-order chi connectivity index (χ0) is 12.4. The minimum Gasteiger partial charge on any atom is -0.481 e. The molecule has 17 heavy (non-hydrogen) atoms. The number of aliphatic carboxylic acids is 1. The fourth-order valence-electron chi connectivity index (χ4n) is 1.80. The summed E-state index contributed by atoms with van der Waals surface area (Å²) in [6.07, 6.45) is 1.30. The van der Waals surface area contributed by atoms with E-state index in [0.29, 0.717) is 0 Å². The van der Waals surface area contributed by atoms with E-state index in [9.17, 15) is 9.59 Å². The SMILES string of the molecule is CN(C(=O)c1cn[nH]n1)C1COCC1C(=O)O. The molecule has 0 spiro atoms. The number of carboxylic acids is 1. The molecule has 2 heterocycles. The minimum atomic E-state index is -0.965. The van der Waals surface area contributed by atoms with Crippen molar-refractivity contribution < 1.29 is 19.4 Å². The van der Waals surface area contributed by atoms with Crippen LogP contribution in [0, 0.1) is 5.92 Å². The summed E-state index contributed by atoms with van der Waals surface area (Å²) in [5, 5.41) is 18.5. The Hall–Kier alpha value is -1.96. The summed E-state index contributed by atoms with van der Waals surface area (Å²) >= 11 is 0. The van der Waals surface area contributed by atoms with Gasteiger partial charge in [-0.1, -0.05) is 0 Å². The highest BCUT2D eigenvalue weighted by Crippen LogP contribution is 2.20. The van der Waals surface area contributed by atoms with Gasteiger partial charge in [-0.15, -0.1) is 0 Å². The highest BCUT2D eigenvalue weighted by molar-refractivity contribution is 5.92. The number of carbonyl (C=O) groups is 2. The molecule has 0 aromatic carbocycles. The molecule has 1 aliphatic rings. The van der Waals surface area contributed by atoms with Crippen molar-refractivity contribution in [2.24, 2.45) is 5.92 Å². The number of nitrogens with zero attached hydrogens (tertiary/aromatic N) is 3. The lowest BCUT2D eigenvalue weighted by Gasteiger charge is -2.25. The third kappa shape index (κ3) is 2.11. The Bertz CT molecular complexity index is 419. The molecule has 1 amide bonds. The number of amides is 1. The van der Waals surface area contributed by atoms with Crippen LogP contribution in [0.25, 0.3) is 0 Å². The van der Waals surface area contributed by atoms with E-state index in [4.69, 9.17) is 9.84 Å². The molecule has 1 aromatic rings. The quantitative estimate of drug-likeness (QED) is 0.699. The predicted molar refractivity (Wildman–Crippen MR) is 54.2 cm³/mol. The maximum atomic E-state index is 11.9. The van der Waals surface area contributed by atoms with E-state index >= 15 is 0 Å². The molecule has 92 valence electrons. The number of nitrogens with one attached hydrogen (secondary N) is 1. The molecule has 2 atom stereocenters. The van der Waals surface area contributed by atoms with Crippen LogP contribution in [-0.4, -0.2) is 63.6 Å². The molecule has 0 bridgehead atoms. The van der Waals surface area contributed by atoms with Crippen molar-refractivity contribution in [3.63, 3.8) is 0 Å². The molecule has 2 unspecified atom stereocenters. The molecule has 0 radical (unpaired) electrons. The maximum Gasteiger partial charge on any atom is 0.311 e. The molecule has 2 rings (SSSR count). The van der Waals surface area contributed by atoms with Gasteiger partial charge in [-0.2, -0.15) is 15.4 Å². The summed E-state index contributed by atoms with van der Waals surface area (Å²) in [6, 6.07) is -0.475. The maximum absolute atomic E-state index is 11.9. The highest BCUT2D eigenvalue weighted by atomic mass is 16.5.